The van der Waals surface area contributed by atoms with Gasteiger partial charge in [-0.3, -0.25) is 4.98 Å². The second kappa shape index (κ2) is 4.08. The molecule has 0 spiro atoms. The van der Waals surface area contributed by atoms with Crippen molar-refractivity contribution in [3.63, 3.8) is 0 Å². The Hall–Kier alpha value is -2.37. The molecule has 0 aliphatic carbocycles. The average molecular weight is 263 g/mol. The van der Waals surface area contributed by atoms with Crippen LogP contribution in [0.5, 0.6) is 0 Å². The zero-order valence-corrected chi connectivity index (χ0v) is 9.59. The van der Waals surface area contributed by atoms with E-state index in [0.717, 1.165) is 12.3 Å². The Labute approximate surface area is 106 Å². The van der Waals surface area contributed by atoms with E-state index in [1.54, 1.807) is 24.4 Å². The molecule has 0 aliphatic rings. The zero-order chi connectivity index (χ0) is 13.5. The van der Waals surface area contributed by atoms with Gasteiger partial charge >= 0.3 is 6.18 Å². The molecule has 3 rings (SSSR count). The van der Waals surface area contributed by atoms with Crippen LogP contribution >= 0.6 is 0 Å². The molecule has 0 bridgehead atoms. The summed E-state index contributed by atoms with van der Waals surface area (Å²) in [6.45, 7) is 0. The van der Waals surface area contributed by atoms with Crippen molar-refractivity contribution in [2.24, 2.45) is 0 Å². The number of hydrogen-bond acceptors (Lipinski definition) is 2. The normalized spacial score (nSPS) is 11.9. The smallest absolute Gasteiger partial charge is 0.306 e. The zero-order valence-electron chi connectivity index (χ0n) is 9.59. The number of halogens is 3. The van der Waals surface area contributed by atoms with Crippen molar-refractivity contribution < 1.29 is 13.2 Å². The largest absolute Gasteiger partial charge is 0.417 e. The molecular weight excluding hydrogens is 255 g/mol. The van der Waals surface area contributed by atoms with Crippen molar-refractivity contribution in [3.8, 4) is 11.4 Å². The maximum absolute atomic E-state index is 12.6. The lowest BCUT2D eigenvalue weighted by atomic mass is 10.3. The first-order valence-electron chi connectivity index (χ1n) is 5.51. The van der Waals surface area contributed by atoms with Crippen molar-refractivity contribution in [3.05, 3.63) is 54.5 Å². The highest BCUT2D eigenvalue weighted by Crippen LogP contribution is 2.29. The van der Waals surface area contributed by atoms with E-state index < -0.39 is 11.7 Å². The minimum Gasteiger partial charge on any atom is -0.306 e. The summed E-state index contributed by atoms with van der Waals surface area (Å²) in [6, 6.07) is 7.68. The summed E-state index contributed by atoms with van der Waals surface area (Å²) < 4.78 is 39.2. The van der Waals surface area contributed by atoms with Crippen molar-refractivity contribution in [1.82, 2.24) is 14.4 Å². The molecule has 0 unspecified atom stereocenters. The molecule has 19 heavy (non-hydrogen) atoms. The highest BCUT2D eigenvalue weighted by Gasteiger charge is 2.30. The minimum atomic E-state index is -4.36. The van der Waals surface area contributed by atoms with E-state index >= 15 is 0 Å². The van der Waals surface area contributed by atoms with Gasteiger partial charge in [-0.2, -0.15) is 13.2 Å². The van der Waals surface area contributed by atoms with Crippen LogP contribution < -0.4 is 0 Å². The number of imidazole rings is 1. The van der Waals surface area contributed by atoms with Gasteiger partial charge in [0.15, 0.2) is 0 Å². The molecule has 0 aromatic carbocycles. The van der Waals surface area contributed by atoms with Gasteiger partial charge in [0.25, 0.3) is 0 Å². The van der Waals surface area contributed by atoms with Gasteiger partial charge in [-0.05, 0) is 24.3 Å². The summed E-state index contributed by atoms with van der Waals surface area (Å²) >= 11 is 0. The molecule has 0 N–H and O–H groups in total. The minimum absolute atomic E-state index is 0.452. The number of hydrogen-bond donors (Lipinski definition) is 0. The number of nitrogens with zero attached hydrogens (tertiary/aromatic N) is 3. The first-order chi connectivity index (χ1) is 9.04. The van der Waals surface area contributed by atoms with Crippen LogP contribution in [0.4, 0.5) is 13.2 Å². The van der Waals surface area contributed by atoms with Crippen molar-refractivity contribution in [1.29, 1.82) is 0 Å². The van der Waals surface area contributed by atoms with Gasteiger partial charge in [-0.15, -0.1) is 0 Å². The number of fused-ring (bicyclic) bond motifs is 1. The Balaban J connectivity index is 2.12. The first kappa shape index (κ1) is 11.7. The fourth-order valence-electron chi connectivity index (χ4n) is 1.80. The molecule has 0 radical (unpaired) electrons. The molecule has 96 valence electrons. The summed E-state index contributed by atoms with van der Waals surface area (Å²) in [4.78, 5) is 8.36. The summed E-state index contributed by atoms with van der Waals surface area (Å²) in [6.07, 6.45) is -0.189. The molecule has 3 aromatic rings. The summed E-state index contributed by atoms with van der Waals surface area (Å²) in [7, 11) is 0. The number of pyridine rings is 2. The Morgan fingerprint density at radius 1 is 0.947 bits per heavy atom. The summed E-state index contributed by atoms with van der Waals surface area (Å²) in [5, 5.41) is 0. The molecule has 0 aliphatic heterocycles. The second-order valence-electron chi connectivity index (χ2n) is 4.02. The maximum atomic E-state index is 12.6. The van der Waals surface area contributed by atoms with E-state index in [9.17, 15) is 13.2 Å². The predicted molar refractivity (Wildman–Crippen MR) is 63.4 cm³/mol. The van der Waals surface area contributed by atoms with Crippen LogP contribution in [0.15, 0.2) is 48.9 Å². The van der Waals surface area contributed by atoms with Gasteiger partial charge in [-0.25, -0.2) is 4.98 Å². The number of aromatic nitrogens is 3. The third kappa shape index (κ3) is 2.16. The monoisotopic (exact) mass is 263 g/mol. The van der Waals surface area contributed by atoms with E-state index in [4.69, 9.17) is 0 Å². The molecule has 0 amide bonds. The van der Waals surface area contributed by atoms with E-state index in [2.05, 4.69) is 9.97 Å². The van der Waals surface area contributed by atoms with Crippen LogP contribution in [0.3, 0.4) is 0 Å². The molecule has 3 heterocycles. The Bertz CT molecular complexity index is 717. The fourth-order valence-corrected chi connectivity index (χ4v) is 1.80. The van der Waals surface area contributed by atoms with Crippen LogP contribution in [-0.4, -0.2) is 14.4 Å². The van der Waals surface area contributed by atoms with Crippen molar-refractivity contribution >= 4 is 5.65 Å². The molecule has 3 aromatic heterocycles. The van der Waals surface area contributed by atoms with Crippen LogP contribution in [0.2, 0.25) is 0 Å². The lowest BCUT2D eigenvalue weighted by Crippen LogP contribution is -2.05. The van der Waals surface area contributed by atoms with Gasteiger partial charge in [0, 0.05) is 18.6 Å². The average Bonchev–Trinajstić information content (AvgIpc) is 2.81. The first-order valence-corrected chi connectivity index (χ1v) is 5.51. The Kier molecular flexibility index (Phi) is 2.51. The molecule has 0 saturated heterocycles. The molecule has 0 fully saturated rings. The predicted octanol–water partition coefficient (Wildman–Crippen LogP) is 3.42. The molecular formula is C13H8F3N3. The van der Waals surface area contributed by atoms with Crippen LogP contribution in [-0.2, 0) is 6.18 Å². The van der Waals surface area contributed by atoms with Crippen LogP contribution in [0, 0.1) is 0 Å². The van der Waals surface area contributed by atoms with Crippen molar-refractivity contribution in [2.45, 2.75) is 6.18 Å². The lowest BCUT2D eigenvalue weighted by molar-refractivity contribution is -0.137. The third-order valence-corrected chi connectivity index (χ3v) is 2.71. The number of rotatable bonds is 1. The van der Waals surface area contributed by atoms with Crippen molar-refractivity contribution in [2.75, 3.05) is 0 Å². The highest BCUT2D eigenvalue weighted by molar-refractivity contribution is 5.58. The van der Waals surface area contributed by atoms with E-state index in [1.165, 1.54) is 16.7 Å². The van der Waals surface area contributed by atoms with Gasteiger partial charge in [-0.1, -0.05) is 6.07 Å². The maximum Gasteiger partial charge on any atom is 0.417 e. The quantitative estimate of drug-likeness (QED) is 0.673. The summed E-state index contributed by atoms with van der Waals surface area (Å²) in [5.41, 5.74) is 0.915. The molecule has 0 atom stereocenters. The topological polar surface area (TPSA) is 30.2 Å². The lowest BCUT2D eigenvalue weighted by Gasteiger charge is -2.05. The van der Waals surface area contributed by atoms with Gasteiger partial charge in [0.05, 0.1) is 11.3 Å². The second-order valence-corrected chi connectivity index (χ2v) is 4.02. The van der Waals surface area contributed by atoms with E-state index in [1.807, 2.05) is 0 Å². The van der Waals surface area contributed by atoms with Crippen LogP contribution in [0.25, 0.3) is 17.0 Å². The Morgan fingerprint density at radius 3 is 2.47 bits per heavy atom. The fraction of sp³-hybridized carbons (Fsp3) is 0.0769. The van der Waals surface area contributed by atoms with E-state index in [-0.39, 0.29) is 0 Å². The highest BCUT2D eigenvalue weighted by atomic mass is 19.4. The standard InChI is InChI=1S/C13H8F3N3/c14-13(15,16)9-4-5-12-18-11(8-19(12)7-9)10-3-1-2-6-17-10/h1-8H. The third-order valence-electron chi connectivity index (χ3n) is 2.71. The van der Waals surface area contributed by atoms with Gasteiger partial charge in [0.2, 0.25) is 0 Å². The van der Waals surface area contributed by atoms with Gasteiger partial charge in [0.1, 0.15) is 11.3 Å². The van der Waals surface area contributed by atoms with Crippen LogP contribution in [0.1, 0.15) is 5.56 Å². The summed E-state index contributed by atoms with van der Waals surface area (Å²) in [5.74, 6) is 0. The van der Waals surface area contributed by atoms with Gasteiger partial charge < -0.3 is 4.40 Å². The molecule has 6 heteroatoms. The molecule has 3 nitrogen and oxygen atoms in total. The number of alkyl halides is 3. The molecule has 0 saturated carbocycles. The Morgan fingerprint density at radius 2 is 1.79 bits per heavy atom. The van der Waals surface area contributed by atoms with E-state index in [0.29, 0.717) is 17.0 Å². The SMILES string of the molecule is FC(F)(F)c1ccc2nc(-c3ccccn3)cn2c1.